The van der Waals surface area contributed by atoms with Gasteiger partial charge in [0.25, 0.3) is 5.69 Å². The highest BCUT2D eigenvalue weighted by atomic mass is 32.1. The van der Waals surface area contributed by atoms with Crippen LogP contribution in [-0.4, -0.2) is 51.1 Å². The van der Waals surface area contributed by atoms with Crippen molar-refractivity contribution in [1.82, 2.24) is 14.9 Å². The monoisotopic (exact) mass is 344 g/mol. The number of nitrogens with one attached hydrogen (secondary N) is 1. The number of nitro benzene ring substituents is 1. The first-order valence-electron chi connectivity index (χ1n) is 7.46. The molecule has 0 radical (unpaired) electrons. The second kappa shape index (κ2) is 7.18. The second-order valence-electron chi connectivity index (χ2n) is 5.23. The highest BCUT2D eigenvalue weighted by Crippen LogP contribution is 2.23. The molecule has 1 aromatic carbocycles. The molecule has 2 aromatic rings. The van der Waals surface area contributed by atoms with Gasteiger partial charge in [-0.1, -0.05) is 12.1 Å². The number of anilines is 2. The quantitative estimate of drug-likeness (QED) is 0.513. The molecule has 24 heavy (non-hydrogen) atoms. The van der Waals surface area contributed by atoms with E-state index in [1.54, 1.807) is 36.7 Å². The minimum atomic E-state index is -0.421. The highest BCUT2D eigenvalue weighted by molar-refractivity contribution is 7.80. The van der Waals surface area contributed by atoms with E-state index in [0.717, 1.165) is 13.1 Å². The van der Waals surface area contributed by atoms with E-state index in [-0.39, 0.29) is 5.69 Å². The van der Waals surface area contributed by atoms with Gasteiger partial charge in [0.05, 0.1) is 4.92 Å². The number of nitro groups is 1. The minimum Gasteiger partial charge on any atom is -0.345 e. The first-order valence-corrected chi connectivity index (χ1v) is 7.87. The van der Waals surface area contributed by atoms with Crippen LogP contribution in [0, 0.1) is 10.1 Å². The Morgan fingerprint density at radius 2 is 1.79 bits per heavy atom. The fraction of sp³-hybridized carbons (Fsp3) is 0.267. The van der Waals surface area contributed by atoms with Gasteiger partial charge in [-0.25, -0.2) is 9.97 Å². The normalized spacial score (nSPS) is 14.3. The molecule has 1 fully saturated rings. The van der Waals surface area contributed by atoms with Gasteiger partial charge in [-0.3, -0.25) is 10.1 Å². The lowest BCUT2D eigenvalue weighted by atomic mass is 10.2. The summed E-state index contributed by atoms with van der Waals surface area (Å²) in [6.07, 6.45) is 3.44. The summed E-state index contributed by atoms with van der Waals surface area (Å²) in [5.41, 5.74) is 0.414. The Balaban J connectivity index is 1.61. The number of nitrogens with zero attached hydrogens (tertiary/aromatic N) is 5. The average Bonchev–Trinajstić information content (AvgIpc) is 2.63. The summed E-state index contributed by atoms with van der Waals surface area (Å²) in [6, 6.07) is 8.26. The molecule has 0 aliphatic carbocycles. The lowest BCUT2D eigenvalue weighted by Gasteiger charge is -2.36. The zero-order valence-electron chi connectivity index (χ0n) is 12.8. The maximum Gasteiger partial charge on any atom is 0.292 e. The molecule has 1 aliphatic heterocycles. The SMILES string of the molecule is O=[N+]([O-])c1ccccc1NC(=S)N1CCN(c2ncccn2)CC1. The van der Waals surface area contributed by atoms with Crippen LogP contribution >= 0.6 is 12.2 Å². The number of hydrogen-bond acceptors (Lipinski definition) is 6. The van der Waals surface area contributed by atoms with Crippen molar-refractivity contribution in [2.75, 3.05) is 36.4 Å². The minimum absolute atomic E-state index is 0.0103. The van der Waals surface area contributed by atoms with E-state index in [1.807, 2.05) is 4.90 Å². The predicted molar refractivity (Wildman–Crippen MR) is 95.1 cm³/mol. The van der Waals surface area contributed by atoms with E-state index in [9.17, 15) is 10.1 Å². The number of piperazine rings is 1. The topological polar surface area (TPSA) is 87.4 Å². The molecule has 1 aliphatic rings. The van der Waals surface area contributed by atoms with E-state index in [2.05, 4.69) is 20.2 Å². The van der Waals surface area contributed by atoms with Crippen molar-refractivity contribution in [2.45, 2.75) is 0 Å². The summed E-state index contributed by atoms with van der Waals surface area (Å²) in [5, 5.41) is 14.5. The smallest absolute Gasteiger partial charge is 0.292 e. The van der Waals surface area contributed by atoms with Crippen LogP contribution in [0.25, 0.3) is 0 Å². The Kier molecular flexibility index (Phi) is 4.80. The molecule has 9 heteroatoms. The van der Waals surface area contributed by atoms with E-state index in [0.29, 0.717) is 29.8 Å². The van der Waals surface area contributed by atoms with Crippen molar-refractivity contribution in [3.8, 4) is 0 Å². The molecule has 1 saturated heterocycles. The summed E-state index contributed by atoms with van der Waals surface area (Å²) in [7, 11) is 0. The maximum atomic E-state index is 11.1. The molecule has 124 valence electrons. The number of rotatable bonds is 3. The largest absolute Gasteiger partial charge is 0.345 e. The van der Waals surface area contributed by atoms with Crippen LogP contribution in [0.1, 0.15) is 0 Å². The summed E-state index contributed by atoms with van der Waals surface area (Å²) in [6.45, 7) is 2.88. The number of para-hydroxylation sites is 2. The van der Waals surface area contributed by atoms with Crippen LogP contribution < -0.4 is 10.2 Å². The van der Waals surface area contributed by atoms with Gasteiger partial charge in [0, 0.05) is 44.6 Å². The first kappa shape index (κ1) is 16.1. The Morgan fingerprint density at radius 1 is 1.12 bits per heavy atom. The molecule has 0 spiro atoms. The van der Waals surface area contributed by atoms with Crippen LogP contribution in [-0.2, 0) is 0 Å². The Morgan fingerprint density at radius 3 is 2.46 bits per heavy atom. The third-order valence-corrected chi connectivity index (χ3v) is 4.10. The maximum absolute atomic E-state index is 11.1. The van der Waals surface area contributed by atoms with Crippen LogP contribution in [0.15, 0.2) is 42.7 Å². The predicted octanol–water partition coefficient (Wildman–Crippen LogP) is 1.90. The number of hydrogen-bond donors (Lipinski definition) is 1. The van der Waals surface area contributed by atoms with E-state index in [4.69, 9.17) is 12.2 Å². The lowest BCUT2D eigenvalue weighted by molar-refractivity contribution is -0.383. The summed E-state index contributed by atoms with van der Waals surface area (Å²) < 4.78 is 0. The molecule has 1 N–H and O–H groups in total. The van der Waals surface area contributed by atoms with Gasteiger partial charge in [0.1, 0.15) is 5.69 Å². The molecule has 3 rings (SSSR count). The van der Waals surface area contributed by atoms with Gasteiger partial charge in [0.15, 0.2) is 5.11 Å². The summed E-state index contributed by atoms with van der Waals surface area (Å²) >= 11 is 5.40. The fourth-order valence-electron chi connectivity index (χ4n) is 2.50. The standard InChI is InChI=1S/C15H16N6O2S/c22-21(23)13-5-2-1-4-12(13)18-15(24)20-10-8-19(9-11-20)14-16-6-3-7-17-14/h1-7H,8-11H2,(H,18,24). The van der Waals surface area contributed by atoms with Crippen LogP contribution in [0.2, 0.25) is 0 Å². The van der Waals surface area contributed by atoms with Crippen molar-refractivity contribution in [3.05, 3.63) is 52.8 Å². The van der Waals surface area contributed by atoms with Gasteiger partial charge in [0.2, 0.25) is 5.95 Å². The van der Waals surface area contributed by atoms with Gasteiger partial charge < -0.3 is 15.1 Å². The number of benzene rings is 1. The van der Waals surface area contributed by atoms with E-state index < -0.39 is 4.92 Å². The van der Waals surface area contributed by atoms with Gasteiger partial charge >= 0.3 is 0 Å². The van der Waals surface area contributed by atoms with Crippen molar-refractivity contribution >= 4 is 34.7 Å². The summed E-state index contributed by atoms with van der Waals surface area (Å²) in [5.74, 6) is 0.703. The molecule has 0 saturated carbocycles. The molecule has 0 amide bonds. The van der Waals surface area contributed by atoms with Gasteiger partial charge in [-0.15, -0.1) is 0 Å². The third kappa shape index (κ3) is 3.57. The Hall–Kier alpha value is -2.81. The van der Waals surface area contributed by atoms with Crippen LogP contribution in [0.3, 0.4) is 0 Å². The summed E-state index contributed by atoms with van der Waals surface area (Å²) in [4.78, 5) is 23.2. The second-order valence-corrected chi connectivity index (χ2v) is 5.61. The third-order valence-electron chi connectivity index (χ3n) is 3.74. The molecule has 8 nitrogen and oxygen atoms in total. The zero-order valence-corrected chi connectivity index (χ0v) is 13.6. The zero-order chi connectivity index (χ0) is 16.9. The lowest BCUT2D eigenvalue weighted by Crippen LogP contribution is -2.50. The van der Waals surface area contributed by atoms with Crippen molar-refractivity contribution < 1.29 is 4.92 Å². The van der Waals surface area contributed by atoms with Crippen molar-refractivity contribution in [1.29, 1.82) is 0 Å². The van der Waals surface area contributed by atoms with Gasteiger partial charge in [-0.05, 0) is 24.4 Å². The highest BCUT2D eigenvalue weighted by Gasteiger charge is 2.22. The first-order chi connectivity index (χ1) is 11.6. The average molecular weight is 344 g/mol. The van der Waals surface area contributed by atoms with Crippen molar-refractivity contribution in [3.63, 3.8) is 0 Å². The van der Waals surface area contributed by atoms with Crippen LogP contribution in [0.5, 0.6) is 0 Å². The molecule has 0 unspecified atom stereocenters. The molecular weight excluding hydrogens is 328 g/mol. The Bertz CT molecular complexity index is 734. The molecule has 2 heterocycles. The number of aromatic nitrogens is 2. The molecule has 1 aromatic heterocycles. The molecule has 0 atom stereocenters. The van der Waals surface area contributed by atoms with Crippen LogP contribution in [0.4, 0.5) is 17.3 Å². The van der Waals surface area contributed by atoms with Gasteiger partial charge in [-0.2, -0.15) is 0 Å². The number of thiocarbonyl (C=S) groups is 1. The molecule has 0 bridgehead atoms. The van der Waals surface area contributed by atoms with Crippen molar-refractivity contribution in [2.24, 2.45) is 0 Å². The Labute approximate surface area is 144 Å². The molecular formula is C15H16N6O2S. The fourth-order valence-corrected chi connectivity index (χ4v) is 2.79. The van der Waals surface area contributed by atoms with E-state index >= 15 is 0 Å². The van der Waals surface area contributed by atoms with E-state index in [1.165, 1.54) is 6.07 Å².